The maximum absolute atomic E-state index is 10.1. The van der Waals surface area contributed by atoms with Gasteiger partial charge in [0.2, 0.25) is 0 Å². The van der Waals surface area contributed by atoms with E-state index in [1.54, 1.807) is 0 Å². The first-order valence-corrected chi connectivity index (χ1v) is 8.32. The molecule has 3 saturated heterocycles. The number of rotatable bonds is 2. The summed E-state index contributed by atoms with van der Waals surface area (Å²) in [6.07, 6.45) is 4.40. The van der Waals surface area contributed by atoms with Crippen molar-refractivity contribution in [2.24, 2.45) is 4.99 Å². The molecular weight excluding hydrogens is 276 g/mol. The lowest BCUT2D eigenvalue weighted by Crippen LogP contribution is -2.56. The molecular formula is C17H22N4O. The number of benzene rings is 1. The quantitative estimate of drug-likeness (QED) is 0.788. The van der Waals surface area contributed by atoms with E-state index >= 15 is 0 Å². The summed E-state index contributed by atoms with van der Waals surface area (Å²) in [5.41, 5.74) is 13.5. The first-order chi connectivity index (χ1) is 10.8. The van der Waals surface area contributed by atoms with E-state index in [1.807, 2.05) is 6.07 Å². The predicted octanol–water partition coefficient (Wildman–Crippen LogP) is 2.95. The molecule has 2 bridgehead atoms. The Bertz CT molecular complexity index is 588. The Morgan fingerprint density at radius 2 is 1.77 bits per heavy atom. The van der Waals surface area contributed by atoms with Crippen LogP contribution in [0.25, 0.3) is 5.53 Å². The van der Waals surface area contributed by atoms with Crippen LogP contribution < -0.4 is 4.90 Å². The molecule has 5 nitrogen and oxygen atoms in total. The minimum absolute atomic E-state index is 0.130. The maximum Gasteiger partial charge on any atom is 0.187 e. The van der Waals surface area contributed by atoms with Crippen LogP contribution in [0.1, 0.15) is 25.7 Å². The molecule has 0 radical (unpaired) electrons. The molecule has 3 heterocycles. The third kappa shape index (κ3) is 2.33. The van der Waals surface area contributed by atoms with Gasteiger partial charge in [-0.2, -0.15) is 0 Å². The van der Waals surface area contributed by atoms with Gasteiger partial charge >= 0.3 is 0 Å². The number of fused-ring (bicyclic) bond motifs is 2. The number of hydrogen-bond donors (Lipinski definition) is 0. The molecule has 116 valence electrons. The van der Waals surface area contributed by atoms with E-state index in [4.69, 9.17) is 9.73 Å². The standard InChI is InChI=1S/C17H22N4O/c18-21-15-7-3-4-8-16(21)17(15)19-13-5-1-2-6-14(13)20-9-11-22-12-10-20/h1-2,5-6,15-16H,3-4,7-12H2. The SMILES string of the molecule is [N-]=[N+]1C2CCCCC1C2=Nc1ccccc1N1CCOCC1. The van der Waals surface area contributed by atoms with Gasteiger partial charge in [0.05, 0.1) is 24.6 Å². The fourth-order valence-electron chi connectivity index (χ4n) is 3.78. The van der Waals surface area contributed by atoms with Crippen LogP contribution in [-0.4, -0.2) is 48.8 Å². The van der Waals surface area contributed by atoms with E-state index in [-0.39, 0.29) is 12.1 Å². The summed E-state index contributed by atoms with van der Waals surface area (Å²) in [7, 11) is 0. The van der Waals surface area contributed by atoms with E-state index in [2.05, 4.69) is 23.1 Å². The minimum atomic E-state index is 0.130. The van der Waals surface area contributed by atoms with E-state index in [9.17, 15) is 5.53 Å². The Morgan fingerprint density at radius 1 is 1.09 bits per heavy atom. The fourth-order valence-corrected chi connectivity index (χ4v) is 3.78. The van der Waals surface area contributed by atoms with Gasteiger partial charge in [0.15, 0.2) is 17.8 Å². The van der Waals surface area contributed by atoms with Crippen molar-refractivity contribution < 1.29 is 9.43 Å². The molecule has 0 saturated carbocycles. The summed E-state index contributed by atoms with van der Waals surface area (Å²) in [6, 6.07) is 8.60. The average molecular weight is 298 g/mol. The maximum atomic E-state index is 10.1. The van der Waals surface area contributed by atoms with Crippen LogP contribution in [0.2, 0.25) is 0 Å². The molecule has 3 aliphatic heterocycles. The average Bonchev–Trinajstić information content (AvgIpc) is 2.91. The van der Waals surface area contributed by atoms with Crippen LogP contribution in [0.3, 0.4) is 0 Å². The number of ether oxygens (including phenoxy) is 1. The third-order valence-corrected chi connectivity index (χ3v) is 5.01. The van der Waals surface area contributed by atoms with Crippen molar-refractivity contribution in [3.8, 4) is 0 Å². The molecule has 3 aliphatic rings. The number of anilines is 1. The van der Waals surface area contributed by atoms with Crippen LogP contribution in [0.5, 0.6) is 0 Å². The lowest BCUT2D eigenvalue weighted by Gasteiger charge is -2.36. The van der Waals surface area contributed by atoms with E-state index in [0.717, 1.165) is 44.8 Å². The summed E-state index contributed by atoms with van der Waals surface area (Å²) in [4.78, 5) is 7.32. The third-order valence-electron chi connectivity index (χ3n) is 5.01. The Morgan fingerprint density at radius 3 is 2.50 bits per heavy atom. The van der Waals surface area contributed by atoms with Crippen LogP contribution in [0, 0.1) is 0 Å². The highest BCUT2D eigenvalue weighted by atomic mass is 16.5. The van der Waals surface area contributed by atoms with Gasteiger partial charge in [-0.05, 0) is 25.0 Å². The molecule has 1 aromatic rings. The molecule has 2 unspecified atom stereocenters. The van der Waals surface area contributed by atoms with Crippen molar-refractivity contribution in [1.29, 1.82) is 0 Å². The summed E-state index contributed by atoms with van der Waals surface area (Å²) < 4.78 is 6.97. The second kappa shape index (κ2) is 5.80. The first-order valence-electron chi connectivity index (χ1n) is 8.32. The normalized spacial score (nSPS) is 28.1. The molecule has 0 amide bonds. The van der Waals surface area contributed by atoms with Crippen LogP contribution in [0.4, 0.5) is 11.4 Å². The molecule has 4 rings (SSSR count). The Hall–Kier alpha value is -1.75. The molecule has 0 aliphatic carbocycles. The van der Waals surface area contributed by atoms with Gasteiger partial charge in [0, 0.05) is 25.9 Å². The van der Waals surface area contributed by atoms with Crippen molar-refractivity contribution in [2.45, 2.75) is 37.8 Å². The molecule has 22 heavy (non-hydrogen) atoms. The lowest BCUT2D eigenvalue weighted by molar-refractivity contribution is -0.622. The van der Waals surface area contributed by atoms with Gasteiger partial charge in [0.25, 0.3) is 0 Å². The molecule has 1 aromatic carbocycles. The monoisotopic (exact) mass is 298 g/mol. The molecule has 3 fully saturated rings. The predicted molar refractivity (Wildman–Crippen MR) is 86.2 cm³/mol. The van der Waals surface area contributed by atoms with Crippen LogP contribution in [0.15, 0.2) is 29.3 Å². The molecule has 0 N–H and O–H groups in total. The number of aliphatic imine (C=N–C) groups is 1. The summed E-state index contributed by atoms with van der Waals surface area (Å²) >= 11 is 0. The Labute approximate surface area is 131 Å². The second-order valence-corrected chi connectivity index (χ2v) is 6.32. The van der Waals surface area contributed by atoms with Crippen molar-refractivity contribution in [1.82, 2.24) is 0 Å². The van der Waals surface area contributed by atoms with E-state index in [0.29, 0.717) is 0 Å². The summed E-state index contributed by atoms with van der Waals surface area (Å²) in [5, 5.41) is 0. The van der Waals surface area contributed by atoms with Crippen LogP contribution in [-0.2, 0) is 4.74 Å². The molecule has 5 heteroatoms. The van der Waals surface area contributed by atoms with Crippen molar-refractivity contribution >= 4 is 17.1 Å². The first kappa shape index (κ1) is 13.9. The second-order valence-electron chi connectivity index (χ2n) is 6.32. The van der Waals surface area contributed by atoms with Crippen molar-refractivity contribution in [2.75, 3.05) is 31.2 Å². The smallest absolute Gasteiger partial charge is 0.187 e. The number of morpholine rings is 1. The van der Waals surface area contributed by atoms with E-state index in [1.165, 1.54) is 28.9 Å². The summed E-state index contributed by atoms with van der Waals surface area (Å²) in [5.74, 6) is 0. The zero-order valence-electron chi connectivity index (χ0n) is 12.8. The molecule has 0 spiro atoms. The Balaban J connectivity index is 1.65. The van der Waals surface area contributed by atoms with Gasteiger partial charge in [-0.25, -0.2) is 4.99 Å². The van der Waals surface area contributed by atoms with Gasteiger partial charge in [-0.1, -0.05) is 12.1 Å². The van der Waals surface area contributed by atoms with Gasteiger partial charge < -0.3 is 19.9 Å². The van der Waals surface area contributed by atoms with Gasteiger partial charge in [0.1, 0.15) is 0 Å². The van der Waals surface area contributed by atoms with Crippen molar-refractivity contribution in [3.63, 3.8) is 0 Å². The zero-order chi connectivity index (χ0) is 14.9. The molecule has 2 atom stereocenters. The number of hydrogen-bond acceptors (Lipinski definition) is 3. The zero-order valence-corrected chi connectivity index (χ0v) is 12.8. The highest BCUT2D eigenvalue weighted by molar-refractivity contribution is 5.98. The topological polar surface area (TPSA) is 50.1 Å². The fraction of sp³-hybridized carbons (Fsp3) is 0.588. The van der Waals surface area contributed by atoms with Crippen molar-refractivity contribution in [3.05, 3.63) is 29.8 Å². The highest BCUT2D eigenvalue weighted by Crippen LogP contribution is 2.35. The van der Waals surface area contributed by atoms with Gasteiger partial charge in [-0.15, -0.1) is 0 Å². The minimum Gasteiger partial charge on any atom is -0.506 e. The van der Waals surface area contributed by atoms with Gasteiger partial charge in [-0.3, -0.25) is 0 Å². The van der Waals surface area contributed by atoms with E-state index < -0.39 is 0 Å². The summed E-state index contributed by atoms with van der Waals surface area (Å²) in [6.45, 7) is 3.39. The highest BCUT2D eigenvalue weighted by Gasteiger charge is 2.48. The molecule has 0 aromatic heterocycles. The number of nitrogens with zero attached hydrogens (tertiary/aromatic N) is 4. The number of para-hydroxylation sites is 2. The Kier molecular flexibility index (Phi) is 3.66. The lowest BCUT2D eigenvalue weighted by atomic mass is 9.92. The largest absolute Gasteiger partial charge is 0.506 e. The van der Waals surface area contributed by atoms with Crippen LogP contribution >= 0.6 is 0 Å².